The average molecular weight is 245 g/mol. The number of aromatic amines is 1. The quantitative estimate of drug-likeness (QED) is 0.859. The summed E-state index contributed by atoms with van der Waals surface area (Å²) in [4.78, 5) is 29.8. The lowest BCUT2D eigenvalue weighted by molar-refractivity contribution is 0.0935. The second-order valence-corrected chi connectivity index (χ2v) is 4.22. The van der Waals surface area contributed by atoms with E-state index in [-0.39, 0.29) is 17.6 Å². The number of carbonyl (C=O) groups excluding carboxylic acids is 1. The molecule has 2 aromatic rings. The van der Waals surface area contributed by atoms with Crippen molar-refractivity contribution in [1.29, 1.82) is 0 Å². The molecule has 1 heterocycles. The van der Waals surface area contributed by atoms with E-state index >= 15 is 0 Å². The van der Waals surface area contributed by atoms with Crippen molar-refractivity contribution in [3.05, 3.63) is 40.4 Å². The van der Waals surface area contributed by atoms with Crippen LogP contribution < -0.4 is 11.0 Å². The van der Waals surface area contributed by atoms with Crippen molar-refractivity contribution in [2.75, 3.05) is 0 Å². The predicted molar refractivity (Wildman–Crippen MR) is 69.6 cm³/mol. The number of nitrogens with zero attached hydrogens (tertiary/aromatic N) is 1. The summed E-state index contributed by atoms with van der Waals surface area (Å²) in [5.74, 6) is -0.313. The molecule has 0 saturated carbocycles. The number of fused-ring (bicyclic) bond motifs is 1. The van der Waals surface area contributed by atoms with Crippen LogP contribution in [0, 0.1) is 0 Å². The molecule has 1 aromatic carbocycles. The number of nitrogens with one attached hydrogen (secondary N) is 2. The van der Waals surface area contributed by atoms with E-state index in [4.69, 9.17) is 0 Å². The highest BCUT2D eigenvalue weighted by molar-refractivity contribution is 6.04. The molecule has 0 aliphatic carbocycles. The van der Waals surface area contributed by atoms with Gasteiger partial charge in [-0.3, -0.25) is 4.79 Å². The molecule has 1 atom stereocenters. The van der Waals surface area contributed by atoms with Crippen LogP contribution in [0.15, 0.2) is 29.1 Å². The van der Waals surface area contributed by atoms with Crippen LogP contribution in [0.5, 0.6) is 0 Å². The van der Waals surface area contributed by atoms with Crippen molar-refractivity contribution in [2.24, 2.45) is 0 Å². The van der Waals surface area contributed by atoms with Crippen LogP contribution in [0.3, 0.4) is 0 Å². The summed E-state index contributed by atoms with van der Waals surface area (Å²) >= 11 is 0. The maximum Gasteiger partial charge on any atom is 0.346 e. The van der Waals surface area contributed by atoms with Crippen LogP contribution in [-0.2, 0) is 0 Å². The molecule has 0 fully saturated rings. The van der Waals surface area contributed by atoms with E-state index in [0.29, 0.717) is 10.9 Å². The number of carbonyl (C=O) groups is 1. The molecule has 18 heavy (non-hydrogen) atoms. The second kappa shape index (κ2) is 5.00. The maximum atomic E-state index is 12.1. The third kappa shape index (κ3) is 2.40. The van der Waals surface area contributed by atoms with E-state index < -0.39 is 5.69 Å². The fourth-order valence-corrected chi connectivity index (χ4v) is 1.67. The van der Waals surface area contributed by atoms with Gasteiger partial charge in [-0.2, -0.15) is 4.98 Å². The third-order valence-electron chi connectivity index (χ3n) is 2.84. The van der Waals surface area contributed by atoms with Crippen LogP contribution in [0.25, 0.3) is 10.9 Å². The normalized spacial score (nSPS) is 12.3. The highest BCUT2D eigenvalue weighted by Gasteiger charge is 2.14. The number of amides is 1. The van der Waals surface area contributed by atoms with Crippen LogP contribution in [0.1, 0.15) is 30.8 Å². The van der Waals surface area contributed by atoms with Gasteiger partial charge in [-0.15, -0.1) is 0 Å². The topological polar surface area (TPSA) is 74.8 Å². The molecule has 1 aromatic heterocycles. The van der Waals surface area contributed by atoms with E-state index in [9.17, 15) is 9.59 Å². The first-order valence-electron chi connectivity index (χ1n) is 5.91. The molecule has 1 amide bonds. The average Bonchev–Trinajstić information content (AvgIpc) is 2.37. The van der Waals surface area contributed by atoms with Crippen molar-refractivity contribution < 1.29 is 4.79 Å². The highest BCUT2D eigenvalue weighted by atomic mass is 16.2. The van der Waals surface area contributed by atoms with Gasteiger partial charge in [0.2, 0.25) is 0 Å². The summed E-state index contributed by atoms with van der Waals surface area (Å²) < 4.78 is 0. The van der Waals surface area contributed by atoms with Gasteiger partial charge >= 0.3 is 5.69 Å². The zero-order valence-electron chi connectivity index (χ0n) is 10.4. The van der Waals surface area contributed by atoms with E-state index in [1.165, 1.54) is 0 Å². The Bertz CT molecular complexity index is 633. The first-order chi connectivity index (χ1) is 8.61. The summed E-state index contributed by atoms with van der Waals surface area (Å²) in [5.41, 5.74) is 0.282. The molecule has 0 radical (unpaired) electrons. The van der Waals surface area contributed by atoms with Gasteiger partial charge in [-0.25, -0.2) is 4.79 Å². The van der Waals surface area contributed by atoms with Gasteiger partial charge in [0.1, 0.15) is 5.69 Å². The van der Waals surface area contributed by atoms with Crippen LogP contribution in [0.4, 0.5) is 0 Å². The Labute approximate surface area is 104 Å². The fourth-order valence-electron chi connectivity index (χ4n) is 1.67. The summed E-state index contributed by atoms with van der Waals surface area (Å²) in [6, 6.07) is 7.18. The SMILES string of the molecule is CCC(C)NC(=O)c1nc(=O)[nH]c2ccccc12. The van der Waals surface area contributed by atoms with Gasteiger partial charge in [0.15, 0.2) is 0 Å². The van der Waals surface area contributed by atoms with Crippen LogP contribution >= 0.6 is 0 Å². The Kier molecular flexibility index (Phi) is 3.41. The molecule has 0 saturated heterocycles. The largest absolute Gasteiger partial charge is 0.348 e. The lowest BCUT2D eigenvalue weighted by Crippen LogP contribution is -2.34. The number of benzene rings is 1. The molecule has 5 nitrogen and oxygen atoms in total. The number of rotatable bonds is 3. The zero-order chi connectivity index (χ0) is 13.1. The molecule has 2 N–H and O–H groups in total. The number of hydrogen-bond acceptors (Lipinski definition) is 3. The van der Waals surface area contributed by atoms with Gasteiger partial charge < -0.3 is 10.3 Å². The molecule has 0 aliphatic rings. The van der Waals surface area contributed by atoms with Gasteiger partial charge in [-0.05, 0) is 19.4 Å². The minimum absolute atomic E-state index is 0.0531. The van der Waals surface area contributed by atoms with Crippen LogP contribution in [0.2, 0.25) is 0 Å². The summed E-state index contributed by atoms with van der Waals surface area (Å²) in [7, 11) is 0. The number of aromatic nitrogens is 2. The van der Waals surface area contributed by atoms with Gasteiger partial charge in [0.25, 0.3) is 5.91 Å². The molecule has 0 aliphatic heterocycles. The van der Waals surface area contributed by atoms with Crippen molar-refractivity contribution in [3.8, 4) is 0 Å². The first kappa shape index (κ1) is 12.3. The van der Waals surface area contributed by atoms with Gasteiger partial charge in [0.05, 0.1) is 5.52 Å². The minimum atomic E-state index is -0.511. The summed E-state index contributed by atoms with van der Waals surface area (Å²) in [6.07, 6.45) is 0.826. The van der Waals surface area contributed by atoms with Crippen molar-refractivity contribution >= 4 is 16.8 Å². The molecular weight excluding hydrogens is 230 g/mol. The van der Waals surface area contributed by atoms with E-state index in [1.807, 2.05) is 19.9 Å². The minimum Gasteiger partial charge on any atom is -0.348 e. The molecule has 0 bridgehead atoms. The predicted octanol–water partition coefficient (Wildman–Crippen LogP) is 1.45. The smallest absolute Gasteiger partial charge is 0.346 e. The molecular formula is C13H15N3O2. The maximum absolute atomic E-state index is 12.1. The number of para-hydroxylation sites is 1. The monoisotopic (exact) mass is 245 g/mol. The lowest BCUT2D eigenvalue weighted by Gasteiger charge is -2.11. The van der Waals surface area contributed by atoms with E-state index in [1.54, 1.807) is 18.2 Å². The lowest BCUT2D eigenvalue weighted by atomic mass is 10.1. The zero-order valence-corrected chi connectivity index (χ0v) is 10.4. The van der Waals surface area contributed by atoms with Gasteiger partial charge in [0, 0.05) is 11.4 Å². The fraction of sp³-hybridized carbons (Fsp3) is 0.308. The molecule has 94 valence electrons. The Morgan fingerprint density at radius 1 is 1.44 bits per heavy atom. The third-order valence-corrected chi connectivity index (χ3v) is 2.84. The Morgan fingerprint density at radius 2 is 2.17 bits per heavy atom. The summed E-state index contributed by atoms with van der Waals surface area (Å²) in [6.45, 7) is 3.89. The summed E-state index contributed by atoms with van der Waals surface area (Å²) in [5, 5.41) is 3.46. The molecule has 2 rings (SSSR count). The van der Waals surface area contributed by atoms with E-state index in [0.717, 1.165) is 6.42 Å². The molecule has 0 spiro atoms. The molecule has 5 heteroatoms. The van der Waals surface area contributed by atoms with E-state index in [2.05, 4.69) is 15.3 Å². The number of H-pyrrole nitrogens is 1. The van der Waals surface area contributed by atoms with Crippen molar-refractivity contribution in [2.45, 2.75) is 26.3 Å². The Morgan fingerprint density at radius 3 is 2.89 bits per heavy atom. The van der Waals surface area contributed by atoms with Crippen LogP contribution in [-0.4, -0.2) is 21.9 Å². The van der Waals surface area contributed by atoms with Crippen molar-refractivity contribution in [1.82, 2.24) is 15.3 Å². The first-order valence-corrected chi connectivity index (χ1v) is 5.91. The Balaban J connectivity index is 2.50. The van der Waals surface area contributed by atoms with Crippen molar-refractivity contribution in [3.63, 3.8) is 0 Å². The Hall–Kier alpha value is -2.17. The highest BCUT2D eigenvalue weighted by Crippen LogP contribution is 2.12. The standard InChI is InChI=1S/C13H15N3O2/c1-3-8(2)14-12(17)11-9-6-4-5-7-10(9)15-13(18)16-11/h4-8H,3H2,1-2H3,(H,14,17)(H,15,16,18). The number of hydrogen-bond donors (Lipinski definition) is 2. The van der Waals surface area contributed by atoms with Gasteiger partial charge in [-0.1, -0.05) is 25.1 Å². The molecule has 1 unspecified atom stereocenters. The second-order valence-electron chi connectivity index (χ2n) is 4.22.